The zero-order chi connectivity index (χ0) is 37.5. The summed E-state index contributed by atoms with van der Waals surface area (Å²) in [6.45, 7) is 0. The number of aromatic nitrogens is 2. The second-order valence-corrected chi connectivity index (χ2v) is 15.3. The first-order valence-electron chi connectivity index (χ1n) is 19.8. The van der Waals surface area contributed by atoms with Crippen LogP contribution in [0.2, 0.25) is 0 Å². The van der Waals surface area contributed by atoms with Crippen LogP contribution >= 0.6 is 0 Å². The van der Waals surface area contributed by atoms with Crippen molar-refractivity contribution in [3.63, 3.8) is 0 Å². The monoisotopic (exact) mass is 724 g/mol. The molecule has 1 aliphatic carbocycles. The molecule has 2 heteroatoms. The third-order valence-electron chi connectivity index (χ3n) is 12.2. The fourth-order valence-corrected chi connectivity index (χ4v) is 9.61. The van der Waals surface area contributed by atoms with E-state index in [4.69, 9.17) is 0 Å². The zero-order valence-corrected chi connectivity index (χ0v) is 31.2. The third kappa shape index (κ3) is 4.91. The van der Waals surface area contributed by atoms with Crippen molar-refractivity contribution in [2.45, 2.75) is 5.92 Å². The van der Waals surface area contributed by atoms with Crippen LogP contribution in [0.3, 0.4) is 0 Å². The fraction of sp³-hybridized carbons (Fsp3) is 0.0182. The smallest absolute Gasteiger partial charge is 0.0548 e. The first kappa shape index (κ1) is 31.9. The Morgan fingerprint density at radius 2 is 0.789 bits per heavy atom. The van der Waals surface area contributed by atoms with Gasteiger partial charge >= 0.3 is 0 Å². The molecule has 11 aromatic rings. The lowest BCUT2D eigenvalue weighted by Crippen LogP contribution is -1.98. The summed E-state index contributed by atoms with van der Waals surface area (Å²) in [5.41, 5.74) is 18.7. The van der Waals surface area contributed by atoms with E-state index in [0.29, 0.717) is 0 Å². The van der Waals surface area contributed by atoms with E-state index >= 15 is 0 Å². The van der Waals surface area contributed by atoms with Crippen molar-refractivity contribution in [2.24, 2.45) is 0 Å². The first-order chi connectivity index (χ1) is 28.3. The number of hydrogen-bond donors (Lipinski definition) is 0. The number of rotatable bonds is 5. The highest BCUT2D eigenvalue weighted by Crippen LogP contribution is 2.49. The van der Waals surface area contributed by atoms with Crippen LogP contribution in [-0.4, -0.2) is 9.13 Å². The maximum atomic E-state index is 2.46. The summed E-state index contributed by atoms with van der Waals surface area (Å²) in [6, 6.07) is 78.2. The second-order valence-electron chi connectivity index (χ2n) is 15.3. The van der Waals surface area contributed by atoms with E-state index in [0.717, 1.165) is 11.4 Å². The lowest BCUT2D eigenvalue weighted by atomic mass is 9.89. The van der Waals surface area contributed by atoms with Crippen LogP contribution in [0.15, 0.2) is 212 Å². The Morgan fingerprint density at radius 3 is 1.56 bits per heavy atom. The normalized spacial score (nSPS) is 13.4. The summed E-state index contributed by atoms with van der Waals surface area (Å²) in [4.78, 5) is 0. The van der Waals surface area contributed by atoms with Gasteiger partial charge in [0.25, 0.3) is 0 Å². The van der Waals surface area contributed by atoms with E-state index < -0.39 is 0 Å². The van der Waals surface area contributed by atoms with Crippen LogP contribution in [0.25, 0.3) is 88.4 Å². The molecule has 1 unspecified atom stereocenters. The van der Waals surface area contributed by atoms with Gasteiger partial charge in [0.05, 0.1) is 22.1 Å². The summed E-state index contributed by atoms with van der Waals surface area (Å²) in [5.74, 6) is 0.235. The molecule has 1 atom stereocenters. The highest BCUT2D eigenvalue weighted by Gasteiger charge is 2.30. The van der Waals surface area contributed by atoms with E-state index in [9.17, 15) is 0 Å². The Bertz CT molecular complexity index is 3320. The maximum absolute atomic E-state index is 2.46. The lowest BCUT2D eigenvalue weighted by molar-refractivity contribution is 1.02. The molecule has 9 aromatic carbocycles. The molecule has 0 spiro atoms. The minimum absolute atomic E-state index is 0.235. The summed E-state index contributed by atoms with van der Waals surface area (Å²) < 4.78 is 4.88. The molecule has 2 nitrogen and oxygen atoms in total. The van der Waals surface area contributed by atoms with E-state index in [2.05, 4.69) is 221 Å². The number of para-hydroxylation sites is 2. The molecule has 2 aromatic heterocycles. The van der Waals surface area contributed by atoms with E-state index in [1.165, 1.54) is 93.7 Å². The van der Waals surface area contributed by atoms with Crippen molar-refractivity contribution in [3.8, 4) is 44.8 Å². The molecule has 12 rings (SSSR count). The van der Waals surface area contributed by atoms with Gasteiger partial charge in [-0.3, -0.25) is 0 Å². The number of nitrogens with zero attached hydrogens (tertiary/aromatic N) is 2. The molecule has 0 radical (unpaired) electrons. The van der Waals surface area contributed by atoms with Gasteiger partial charge in [0, 0.05) is 38.8 Å². The number of hydrogen-bond acceptors (Lipinski definition) is 0. The predicted molar refractivity (Wildman–Crippen MR) is 239 cm³/mol. The Morgan fingerprint density at radius 1 is 0.281 bits per heavy atom. The van der Waals surface area contributed by atoms with Crippen LogP contribution in [-0.2, 0) is 0 Å². The van der Waals surface area contributed by atoms with E-state index in [1.807, 2.05) is 0 Å². The molecule has 0 saturated heterocycles. The third-order valence-corrected chi connectivity index (χ3v) is 12.2. The van der Waals surface area contributed by atoms with Gasteiger partial charge in [-0.1, -0.05) is 152 Å². The van der Waals surface area contributed by atoms with Gasteiger partial charge in [0.15, 0.2) is 0 Å². The SMILES string of the molecule is c1ccc(-c2ccc(-n3c4ccc(-c5ccc6c(c5)-c5ccccc5C6c5ccccc5)cc4c4cc5c(cc43)c3ccccc3n5-c3ccccc3)cc2)cc1. The fourth-order valence-electron chi connectivity index (χ4n) is 9.61. The quantitative estimate of drug-likeness (QED) is 0.167. The van der Waals surface area contributed by atoms with Crippen LogP contribution < -0.4 is 0 Å². The van der Waals surface area contributed by atoms with Crippen molar-refractivity contribution < 1.29 is 0 Å². The molecule has 0 amide bonds. The van der Waals surface area contributed by atoms with Crippen molar-refractivity contribution in [1.29, 1.82) is 0 Å². The van der Waals surface area contributed by atoms with Gasteiger partial charge in [-0.05, 0) is 111 Å². The van der Waals surface area contributed by atoms with Crippen LogP contribution in [0.1, 0.15) is 22.6 Å². The molecule has 0 bridgehead atoms. The lowest BCUT2D eigenvalue weighted by Gasteiger charge is -2.14. The number of fused-ring (bicyclic) bond motifs is 9. The first-order valence-corrected chi connectivity index (χ1v) is 19.8. The molecule has 0 fully saturated rings. The van der Waals surface area contributed by atoms with Crippen LogP contribution in [0.4, 0.5) is 0 Å². The average Bonchev–Trinajstić information content (AvgIpc) is 3.91. The molecule has 266 valence electrons. The Balaban J connectivity index is 1.09. The van der Waals surface area contributed by atoms with Gasteiger partial charge in [0.1, 0.15) is 0 Å². The largest absolute Gasteiger partial charge is 0.309 e. The second kappa shape index (κ2) is 12.6. The molecule has 0 saturated carbocycles. The number of benzene rings is 9. The molecule has 0 N–H and O–H groups in total. The minimum atomic E-state index is 0.235. The summed E-state index contributed by atoms with van der Waals surface area (Å²) >= 11 is 0. The molecule has 0 aliphatic heterocycles. The van der Waals surface area contributed by atoms with Crippen molar-refractivity contribution in [3.05, 3.63) is 229 Å². The van der Waals surface area contributed by atoms with Crippen LogP contribution in [0, 0.1) is 0 Å². The van der Waals surface area contributed by atoms with Gasteiger partial charge in [0.2, 0.25) is 0 Å². The predicted octanol–water partition coefficient (Wildman–Crippen LogP) is 14.4. The highest BCUT2D eigenvalue weighted by atomic mass is 15.0. The summed E-state index contributed by atoms with van der Waals surface area (Å²) in [7, 11) is 0. The maximum Gasteiger partial charge on any atom is 0.0548 e. The summed E-state index contributed by atoms with van der Waals surface area (Å²) in [6.07, 6.45) is 0. The average molecular weight is 725 g/mol. The zero-order valence-electron chi connectivity index (χ0n) is 31.2. The van der Waals surface area contributed by atoms with Crippen LogP contribution in [0.5, 0.6) is 0 Å². The molecular weight excluding hydrogens is 689 g/mol. The Kier molecular flexibility index (Phi) is 7.02. The van der Waals surface area contributed by atoms with Crippen molar-refractivity contribution in [1.82, 2.24) is 9.13 Å². The van der Waals surface area contributed by atoms with E-state index in [1.54, 1.807) is 0 Å². The molecule has 57 heavy (non-hydrogen) atoms. The standard InChI is InChI=1S/C55H36N2/c1-4-14-36(15-5-1)37-24-28-42(29-25-37)57-52-31-27-40(39-26-30-46-47(32-39)43-20-10-11-22-45(43)55(46)38-16-6-2-7-17-38)33-48(52)50-35-53-49(34-54(50)57)44-21-12-13-23-51(44)56(53)41-18-8-3-9-19-41/h1-35,55H. The highest BCUT2D eigenvalue weighted by molar-refractivity contribution is 6.19. The van der Waals surface area contributed by atoms with Crippen molar-refractivity contribution >= 4 is 43.6 Å². The van der Waals surface area contributed by atoms with Gasteiger partial charge in [-0.25, -0.2) is 0 Å². The molecule has 1 aliphatic rings. The van der Waals surface area contributed by atoms with Gasteiger partial charge in [-0.15, -0.1) is 0 Å². The van der Waals surface area contributed by atoms with Crippen molar-refractivity contribution in [2.75, 3.05) is 0 Å². The van der Waals surface area contributed by atoms with Gasteiger partial charge in [-0.2, -0.15) is 0 Å². The minimum Gasteiger partial charge on any atom is -0.309 e. The Labute approximate surface area is 331 Å². The van der Waals surface area contributed by atoms with Gasteiger partial charge < -0.3 is 9.13 Å². The molecule has 2 heterocycles. The summed E-state index contributed by atoms with van der Waals surface area (Å²) in [5, 5.41) is 4.98. The molecular formula is C55H36N2. The Hall–Kier alpha value is -7.42. The van der Waals surface area contributed by atoms with E-state index in [-0.39, 0.29) is 5.92 Å². The topological polar surface area (TPSA) is 9.86 Å².